The summed E-state index contributed by atoms with van der Waals surface area (Å²) in [7, 11) is 0. The number of nitrogens with one attached hydrogen (secondary N) is 1. The van der Waals surface area contributed by atoms with Crippen molar-refractivity contribution in [3.63, 3.8) is 0 Å². The van der Waals surface area contributed by atoms with Crippen LogP contribution < -0.4 is 5.32 Å². The standard InChI is InChI=1S/C13H21N/c1-4-12-7-5-6-8-13(12)9-10-14-11(2)3/h5-8,11,14H,4,9-10H2,1-3H3. The van der Waals surface area contributed by atoms with E-state index >= 15 is 0 Å². The molecule has 0 spiro atoms. The Kier molecular flexibility index (Phi) is 4.68. The first-order valence-electron chi connectivity index (χ1n) is 5.54. The van der Waals surface area contributed by atoms with Gasteiger partial charge in [0.15, 0.2) is 0 Å². The van der Waals surface area contributed by atoms with Crippen molar-refractivity contribution in [2.75, 3.05) is 6.54 Å². The van der Waals surface area contributed by atoms with Gasteiger partial charge in [0.2, 0.25) is 0 Å². The number of benzene rings is 1. The second-order valence-electron chi connectivity index (χ2n) is 3.98. The van der Waals surface area contributed by atoms with E-state index in [2.05, 4.69) is 50.4 Å². The van der Waals surface area contributed by atoms with Crippen LogP contribution >= 0.6 is 0 Å². The smallest absolute Gasteiger partial charge is 0.00105 e. The molecule has 0 aliphatic heterocycles. The molecule has 1 heteroatoms. The van der Waals surface area contributed by atoms with Gasteiger partial charge < -0.3 is 5.32 Å². The highest BCUT2D eigenvalue weighted by molar-refractivity contribution is 5.27. The van der Waals surface area contributed by atoms with Gasteiger partial charge in [0.1, 0.15) is 0 Å². The van der Waals surface area contributed by atoms with Gasteiger partial charge in [-0.1, -0.05) is 45.0 Å². The molecule has 0 fully saturated rings. The summed E-state index contributed by atoms with van der Waals surface area (Å²) in [6.45, 7) is 7.67. The predicted molar refractivity (Wildman–Crippen MR) is 62.7 cm³/mol. The van der Waals surface area contributed by atoms with E-state index in [-0.39, 0.29) is 0 Å². The van der Waals surface area contributed by atoms with Crippen molar-refractivity contribution in [2.45, 2.75) is 39.7 Å². The van der Waals surface area contributed by atoms with Crippen LogP contribution in [0.3, 0.4) is 0 Å². The van der Waals surface area contributed by atoms with E-state index in [1.165, 1.54) is 11.1 Å². The number of hydrogen-bond acceptors (Lipinski definition) is 1. The lowest BCUT2D eigenvalue weighted by molar-refractivity contribution is 0.589. The normalized spacial score (nSPS) is 10.9. The maximum atomic E-state index is 3.45. The summed E-state index contributed by atoms with van der Waals surface area (Å²) in [6.07, 6.45) is 2.28. The van der Waals surface area contributed by atoms with Crippen molar-refractivity contribution < 1.29 is 0 Å². The molecule has 0 heterocycles. The molecule has 0 bridgehead atoms. The van der Waals surface area contributed by atoms with Crippen LogP contribution in [0.2, 0.25) is 0 Å². The van der Waals surface area contributed by atoms with Gasteiger partial charge in [-0.25, -0.2) is 0 Å². The molecule has 0 saturated carbocycles. The Bertz CT molecular complexity index is 266. The summed E-state index contributed by atoms with van der Waals surface area (Å²) in [5, 5.41) is 3.45. The van der Waals surface area contributed by atoms with E-state index < -0.39 is 0 Å². The molecule has 78 valence electrons. The van der Waals surface area contributed by atoms with Gasteiger partial charge in [-0.3, -0.25) is 0 Å². The Labute approximate surface area is 87.5 Å². The quantitative estimate of drug-likeness (QED) is 0.754. The lowest BCUT2D eigenvalue weighted by Gasteiger charge is -2.10. The fourth-order valence-electron chi connectivity index (χ4n) is 1.64. The predicted octanol–water partition coefficient (Wildman–Crippen LogP) is 2.79. The van der Waals surface area contributed by atoms with Crippen LogP contribution in [0.1, 0.15) is 31.9 Å². The molecule has 0 saturated heterocycles. The zero-order valence-corrected chi connectivity index (χ0v) is 9.51. The molecule has 0 radical (unpaired) electrons. The van der Waals surface area contributed by atoms with Gasteiger partial charge in [0, 0.05) is 6.04 Å². The molecular weight excluding hydrogens is 170 g/mol. The van der Waals surface area contributed by atoms with Gasteiger partial charge >= 0.3 is 0 Å². The second-order valence-corrected chi connectivity index (χ2v) is 3.98. The molecule has 1 aromatic rings. The summed E-state index contributed by atoms with van der Waals surface area (Å²) in [6, 6.07) is 9.30. The minimum Gasteiger partial charge on any atom is -0.314 e. The second kappa shape index (κ2) is 5.82. The van der Waals surface area contributed by atoms with Gasteiger partial charge in [0.05, 0.1) is 0 Å². The highest BCUT2D eigenvalue weighted by Crippen LogP contribution is 2.09. The fourth-order valence-corrected chi connectivity index (χ4v) is 1.64. The molecule has 0 aliphatic carbocycles. The van der Waals surface area contributed by atoms with E-state index in [0.29, 0.717) is 6.04 Å². The van der Waals surface area contributed by atoms with Crippen molar-refractivity contribution in [3.05, 3.63) is 35.4 Å². The Morgan fingerprint density at radius 3 is 2.36 bits per heavy atom. The van der Waals surface area contributed by atoms with E-state index in [1.54, 1.807) is 0 Å². The molecule has 0 aliphatic rings. The maximum absolute atomic E-state index is 3.45. The molecule has 0 unspecified atom stereocenters. The summed E-state index contributed by atoms with van der Waals surface area (Å²) in [4.78, 5) is 0. The van der Waals surface area contributed by atoms with E-state index in [9.17, 15) is 0 Å². The SMILES string of the molecule is CCc1ccccc1CCNC(C)C. The van der Waals surface area contributed by atoms with Gasteiger partial charge in [-0.2, -0.15) is 0 Å². The van der Waals surface area contributed by atoms with Gasteiger partial charge in [-0.15, -0.1) is 0 Å². The molecule has 1 aromatic carbocycles. The van der Waals surface area contributed by atoms with Crippen LogP contribution in [0.15, 0.2) is 24.3 Å². The van der Waals surface area contributed by atoms with Crippen LogP contribution in [0.4, 0.5) is 0 Å². The van der Waals surface area contributed by atoms with E-state index in [0.717, 1.165) is 19.4 Å². The fraction of sp³-hybridized carbons (Fsp3) is 0.538. The third-order valence-electron chi connectivity index (χ3n) is 2.45. The summed E-state index contributed by atoms with van der Waals surface area (Å²) < 4.78 is 0. The zero-order valence-electron chi connectivity index (χ0n) is 9.51. The van der Waals surface area contributed by atoms with Gasteiger partial charge in [0.25, 0.3) is 0 Å². The Morgan fingerprint density at radius 1 is 1.14 bits per heavy atom. The van der Waals surface area contributed by atoms with Crippen LogP contribution in [-0.2, 0) is 12.8 Å². The molecule has 1 nitrogen and oxygen atoms in total. The topological polar surface area (TPSA) is 12.0 Å². The van der Waals surface area contributed by atoms with Crippen molar-refractivity contribution >= 4 is 0 Å². The molecule has 1 rings (SSSR count). The molecule has 0 aromatic heterocycles. The Morgan fingerprint density at radius 2 is 1.79 bits per heavy atom. The maximum Gasteiger partial charge on any atom is 0.00105 e. The highest BCUT2D eigenvalue weighted by atomic mass is 14.9. The molecule has 0 atom stereocenters. The molecule has 1 N–H and O–H groups in total. The molecule has 14 heavy (non-hydrogen) atoms. The lowest BCUT2D eigenvalue weighted by atomic mass is 10.0. The van der Waals surface area contributed by atoms with Crippen LogP contribution in [-0.4, -0.2) is 12.6 Å². The number of rotatable bonds is 5. The van der Waals surface area contributed by atoms with Crippen molar-refractivity contribution in [1.82, 2.24) is 5.32 Å². The average molecular weight is 191 g/mol. The van der Waals surface area contributed by atoms with Crippen molar-refractivity contribution in [2.24, 2.45) is 0 Å². The monoisotopic (exact) mass is 191 g/mol. The first-order chi connectivity index (χ1) is 6.74. The van der Waals surface area contributed by atoms with Crippen molar-refractivity contribution in [1.29, 1.82) is 0 Å². The van der Waals surface area contributed by atoms with Gasteiger partial charge in [-0.05, 0) is 30.5 Å². The van der Waals surface area contributed by atoms with E-state index in [4.69, 9.17) is 0 Å². The first-order valence-corrected chi connectivity index (χ1v) is 5.54. The highest BCUT2D eigenvalue weighted by Gasteiger charge is 1.99. The summed E-state index contributed by atoms with van der Waals surface area (Å²) in [5.41, 5.74) is 2.97. The Balaban J connectivity index is 2.49. The molecule has 0 amide bonds. The zero-order chi connectivity index (χ0) is 10.4. The first kappa shape index (κ1) is 11.3. The van der Waals surface area contributed by atoms with Crippen LogP contribution in [0, 0.1) is 0 Å². The third-order valence-corrected chi connectivity index (χ3v) is 2.45. The Hall–Kier alpha value is -0.820. The number of hydrogen-bond donors (Lipinski definition) is 1. The van der Waals surface area contributed by atoms with Crippen LogP contribution in [0.5, 0.6) is 0 Å². The summed E-state index contributed by atoms with van der Waals surface area (Å²) >= 11 is 0. The minimum atomic E-state index is 0.587. The number of aryl methyl sites for hydroxylation is 1. The van der Waals surface area contributed by atoms with Crippen LogP contribution in [0.25, 0.3) is 0 Å². The molecular formula is C13H21N. The summed E-state index contributed by atoms with van der Waals surface area (Å²) in [5.74, 6) is 0. The third kappa shape index (κ3) is 3.51. The average Bonchev–Trinajstić information content (AvgIpc) is 2.18. The van der Waals surface area contributed by atoms with E-state index in [1.807, 2.05) is 0 Å². The largest absolute Gasteiger partial charge is 0.314 e. The minimum absolute atomic E-state index is 0.587. The van der Waals surface area contributed by atoms with Crippen molar-refractivity contribution in [3.8, 4) is 0 Å². The lowest BCUT2D eigenvalue weighted by Crippen LogP contribution is -2.25.